The molecule has 1 heterocycles. The molecule has 88 valence electrons. The van der Waals surface area contributed by atoms with E-state index >= 15 is 0 Å². The highest BCUT2D eigenvalue weighted by molar-refractivity contribution is 7.99. The van der Waals surface area contributed by atoms with Crippen LogP contribution in [0.2, 0.25) is 5.02 Å². The van der Waals surface area contributed by atoms with E-state index in [4.69, 9.17) is 22.7 Å². The molecule has 1 aromatic carbocycles. The van der Waals surface area contributed by atoms with Crippen LogP contribution in [-0.4, -0.2) is 26.0 Å². The molecule has 0 aliphatic rings. The Hall–Kier alpha value is -1.60. The second-order valence-electron chi connectivity index (χ2n) is 3.24. The maximum absolute atomic E-state index is 7.49. The number of hydrogen-bond donors (Lipinski definition) is 2. The minimum absolute atomic E-state index is 0.0145. The van der Waals surface area contributed by atoms with E-state index in [1.54, 1.807) is 25.2 Å². The van der Waals surface area contributed by atoms with Gasteiger partial charge in [0.05, 0.1) is 0 Å². The number of rotatable bonds is 3. The molecule has 1 aromatic heterocycles. The number of benzene rings is 1. The van der Waals surface area contributed by atoms with Gasteiger partial charge >= 0.3 is 0 Å². The fourth-order valence-corrected chi connectivity index (χ4v) is 2.36. The maximum Gasteiger partial charge on any atom is 0.213 e. The second kappa shape index (κ2) is 4.72. The average Bonchev–Trinajstić information content (AvgIpc) is 2.64. The van der Waals surface area contributed by atoms with Crippen LogP contribution in [0.15, 0.2) is 28.3 Å². The molecule has 0 fully saturated rings. The molecule has 3 N–H and O–H groups in total. The molecule has 0 radical (unpaired) electrons. The molecule has 0 aliphatic heterocycles. The molecular weight excluding hydrogens is 260 g/mol. The lowest BCUT2D eigenvalue weighted by atomic mass is 10.2. The molecule has 0 saturated carbocycles. The molecule has 0 saturated heterocycles. The molecule has 0 spiro atoms. The molecular formula is C9H9ClN6S. The summed E-state index contributed by atoms with van der Waals surface area (Å²) in [6, 6.07) is 5.13. The summed E-state index contributed by atoms with van der Waals surface area (Å²) in [5.41, 5.74) is 6.11. The molecule has 0 atom stereocenters. The number of nitrogens with two attached hydrogens (primary N) is 1. The van der Waals surface area contributed by atoms with Crippen LogP contribution in [0, 0.1) is 5.41 Å². The lowest BCUT2D eigenvalue weighted by molar-refractivity contribution is 0.664. The Labute approximate surface area is 107 Å². The van der Waals surface area contributed by atoms with Gasteiger partial charge in [0.2, 0.25) is 5.16 Å². The number of nitrogens with zero attached hydrogens (tertiary/aromatic N) is 4. The number of aryl methyl sites for hydroxylation is 1. The zero-order valence-electron chi connectivity index (χ0n) is 8.88. The highest BCUT2D eigenvalue weighted by Gasteiger charge is 2.11. The molecule has 6 nitrogen and oxygen atoms in total. The van der Waals surface area contributed by atoms with E-state index < -0.39 is 0 Å². The van der Waals surface area contributed by atoms with Crippen LogP contribution in [0.1, 0.15) is 5.56 Å². The number of tetrazole rings is 1. The fraction of sp³-hybridized carbons (Fsp3) is 0.111. The largest absolute Gasteiger partial charge is 0.384 e. The highest BCUT2D eigenvalue weighted by atomic mass is 35.5. The van der Waals surface area contributed by atoms with Crippen molar-refractivity contribution >= 4 is 29.2 Å². The highest BCUT2D eigenvalue weighted by Crippen LogP contribution is 2.30. The fourth-order valence-electron chi connectivity index (χ4n) is 1.21. The second-order valence-corrected chi connectivity index (χ2v) is 4.69. The molecule has 0 aliphatic carbocycles. The Bertz CT molecular complexity index is 566. The molecule has 8 heteroatoms. The van der Waals surface area contributed by atoms with Gasteiger partial charge in [-0.3, -0.25) is 5.41 Å². The van der Waals surface area contributed by atoms with E-state index in [9.17, 15) is 0 Å². The van der Waals surface area contributed by atoms with Gasteiger partial charge in [0.25, 0.3) is 0 Å². The first-order valence-electron chi connectivity index (χ1n) is 4.62. The molecule has 0 amide bonds. The van der Waals surface area contributed by atoms with Crippen molar-refractivity contribution in [2.45, 2.75) is 10.1 Å². The van der Waals surface area contributed by atoms with Crippen molar-refractivity contribution in [3.05, 3.63) is 28.8 Å². The Kier molecular flexibility index (Phi) is 3.30. The van der Waals surface area contributed by atoms with Crippen molar-refractivity contribution in [3.63, 3.8) is 0 Å². The topological polar surface area (TPSA) is 93.5 Å². The SMILES string of the molecule is Cn1nnnc1Sc1cc(Cl)ccc1C(=N)N. The van der Waals surface area contributed by atoms with Crippen LogP contribution < -0.4 is 5.73 Å². The van der Waals surface area contributed by atoms with Gasteiger partial charge in [-0.05, 0) is 40.4 Å². The Morgan fingerprint density at radius 3 is 2.88 bits per heavy atom. The summed E-state index contributed by atoms with van der Waals surface area (Å²) in [7, 11) is 1.74. The van der Waals surface area contributed by atoms with Gasteiger partial charge in [-0.2, -0.15) is 0 Å². The summed E-state index contributed by atoms with van der Waals surface area (Å²) in [5.74, 6) is -0.0145. The van der Waals surface area contributed by atoms with Crippen LogP contribution in [0.3, 0.4) is 0 Å². The average molecular weight is 269 g/mol. The van der Waals surface area contributed by atoms with Gasteiger partial charge in [0, 0.05) is 22.5 Å². The van der Waals surface area contributed by atoms with Gasteiger partial charge in [0.15, 0.2) is 0 Å². The minimum Gasteiger partial charge on any atom is -0.384 e. The van der Waals surface area contributed by atoms with Crippen molar-refractivity contribution in [2.24, 2.45) is 12.8 Å². The van der Waals surface area contributed by atoms with E-state index in [0.29, 0.717) is 15.7 Å². The predicted octanol–water partition coefficient (Wildman–Crippen LogP) is 1.30. The normalized spacial score (nSPS) is 10.5. The predicted molar refractivity (Wildman–Crippen MR) is 65.4 cm³/mol. The van der Waals surface area contributed by atoms with E-state index in [2.05, 4.69) is 15.5 Å². The van der Waals surface area contributed by atoms with Crippen LogP contribution >= 0.6 is 23.4 Å². The summed E-state index contributed by atoms with van der Waals surface area (Å²) >= 11 is 7.23. The quantitative estimate of drug-likeness (QED) is 0.646. The van der Waals surface area contributed by atoms with Crippen molar-refractivity contribution in [1.29, 1.82) is 5.41 Å². The van der Waals surface area contributed by atoms with E-state index in [0.717, 1.165) is 4.90 Å². The minimum atomic E-state index is -0.0145. The monoisotopic (exact) mass is 268 g/mol. The third kappa shape index (κ3) is 2.56. The maximum atomic E-state index is 7.49. The number of nitrogen functional groups attached to an aromatic ring is 1. The summed E-state index contributed by atoms with van der Waals surface area (Å²) in [5, 5.41) is 19.8. The third-order valence-electron chi connectivity index (χ3n) is 2.02. The van der Waals surface area contributed by atoms with Crippen molar-refractivity contribution in [1.82, 2.24) is 20.2 Å². The van der Waals surface area contributed by atoms with Gasteiger partial charge in [-0.15, -0.1) is 5.10 Å². The number of halogens is 1. The molecule has 2 rings (SSSR count). The number of aromatic nitrogens is 4. The molecule has 0 unspecified atom stereocenters. The van der Waals surface area contributed by atoms with Gasteiger partial charge in [0.1, 0.15) is 5.84 Å². The Morgan fingerprint density at radius 1 is 1.53 bits per heavy atom. The number of amidine groups is 1. The number of hydrogen-bond acceptors (Lipinski definition) is 5. The van der Waals surface area contributed by atoms with Crippen molar-refractivity contribution in [3.8, 4) is 0 Å². The molecule has 2 aromatic rings. The smallest absolute Gasteiger partial charge is 0.213 e. The lowest BCUT2D eigenvalue weighted by Gasteiger charge is -2.06. The van der Waals surface area contributed by atoms with Crippen LogP contribution in [0.5, 0.6) is 0 Å². The molecule has 0 bridgehead atoms. The van der Waals surface area contributed by atoms with Gasteiger partial charge < -0.3 is 5.73 Å². The zero-order chi connectivity index (χ0) is 12.4. The van der Waals surface area contributed by atoms with Crippen LogP contribution in [-0.2, 0) is 7.05 Å². The Balaban J connectivity index is 2.41. The van der Waals surface area contributed by atoms with Gasteiger partial charge in [-0.1, -0.05) is 11.6 Å². The Morgan fingerprint density at radius 2 is 2.29 bits per heavy atom. The first kappa shape index (κ1) is 11.9. The van der Waals surface area contributed by atoms with Gasteiger partial charge in [-0.25, -0.2) is 4.68 Å². The summed E-state index contributed by atoms with van der Waals surface area (Å²) in [4.78, 5) is 0.753. The van der Waals surface area contributed by atoms with E-state index in [-0.39, 0.29) is 5.84 Å². The third-order valence-corrected chi connectivity index (χ3v) is 3.34. The van der Waals surface area contributed by atoms with Crippen LogP contribution in [0.25, 0.3) is 0 Å². The zero-order valence-corrected chi connectivity index (χ0v) is 10.5. The van der Waals surface area contributed by atoms with Crippen LogP contribution in [0.4, 0.5) is 0 Å². The van der Waals surface area contributed by atoms with Crippen molar-refractivity contribution in [2.75, 3.05) is 0 Å². The first-order valence-corrected chi connectivity index (χ1v) is 5.81. The molecule has 17 heavy (non-hydrogen) atoms. The number of nitrogens with one attached hydrogen (secondary N) is 1. The van der Waals surface area contributed by atoms with E-state index in [1.807, 2.05) is 0 Å². The van der Waals surface area contributed by atoms with E-state index in [1.165, 1.54) is 16.4 Å². The standard InChI is InChI=1S/C9H9ClN6S/c1-16-9(13-14-15-16)17-7-4-5(10)2-3-6(7)8(11)12/h2-4H,1H3,(H3,11,12). The van der Waals surface area contributed by atoms with Crippen molar-refractivity contribution < 1.29 is 0 Å². The summed E-state index contributed by atoms with van der Waals surface area (Å²) in [6.45, 7) is 0. The summed E-state index contributed by atoms with van der Waals surface area (Å²) in [6.07, 6.45) is 0. The summed E-state index contributed by atoms with van der Waals surface area (Å²) < 4.78 is 1.54. The lowest BCUT2D eigenvalue weighted by Crippen LogP contribution is -2.12. The first-order chi connectivity index (χ1) is 8.08.